The fourth-order valence-electron chi connectivity index (χ4n) is 1.90. The van der Waals surface area contributed by atoms with Gasteiger partial charge in [0.05, 0.1) is 6.54 Å². The van der Waals surface area contributed by atoms with E-state index in [-0.39, 0.29) is 5.54 Å². The summed E-state index contributed by atoms with van der Waals surface area (Å²) in [5, 5.41) is 4.62. The van der Waals surface area contributed by atoms with Crippen molar-refractivity contribution in [3.8, 4) is 0 Å². The molecule has 2 heterocycles. The van der Waals surface area contributed by atoms with Crippen LogP contribution in [0.25, 0.3) is 0 Å². The van der Waals surface area contributed by atoms with Gasteiger partial charge >= 0.3 is 0 Å². The first-order valence-corrected chi connectivity index (χ1v) is 7.56. The van der Waals surface area contributed by atoms with E-state index in [0.717, 1.165) is 17.5 Å². The Morgan fingerprint density at radius 2 is 2.20 bits per heavy atom. The molecule has 0 amide bonds. The van der Waals surface area contributed by atoms with Gasteiger partial charge in [-0.1, -0.05) is 11.8 Å². The Bertz CT molecular complexity index is 268. The summed E-state index contributed by atoms with van der Waals surface area (Å²) in [5.41, 5.74) is 0.229. The summed E-state index contributed by atoms with van der Waals surface area (Å²) in [4.78, 5) is 4.72. The molecule has 2 rings (SSSR count). The topological polar surface area (TPSA) is 24.4 Å². The number of hydrogen-bond donors (Lipinski definition) is 1. The van der Waals surface area contributed by atoms with Crippen molar-refractivity contribution in [2.45, 2.75) is 43.9 Å². The molecule has 2 nitrogen and oxygen atoms in total. The predicted octanol–water partition coefficient (Wildman–Crippen LogP) is 2.74. The molecule has 0 bridgehead atoms. The lowest BCUT2D eigenvalue weighted by molar-refractivity contribution is 0.534. The molecular weight excluding hydrogens is 224 g/mol. The minimum absolute atomic E-state index is 0.229. The maximum atomic E-state index is 4.72. The number of amidine groups is 1. The first-order chi connectivity index (χ1) is 6.99. The van der Waals surface area contributed by atoms with Gasteiger partial charge in [0.2, 0.25) is 0 Å². The van der Waals surface area contributed by atoms with Gasteiger partial charge in [0.25, 0.3) is 0 Å². The largest absolute Gasteiger partial charge is 0.359 e. The third-order valence-corrected chi connectivity index (χ3v) is 5.77. The van der Waals surface area contributed by atoms with Crippen molar-refractivity contribution in [2.75, 3.05) is 18.1 Å². The second-order valence-corrected chi connectivity index (χ2v) is 7.97. The van der Waals surface area contributed by atoms with Gasteiger partial charge in [-0.15, -0.1) is 0 Å². The van der Waals surface area contributed by atoms with Crippen molar-refractivity contribution >= 4 is 28.7 Å². The Kier molecular flexibility index (Phi) is 3.27. The van der Waals surface area contributed by atoms with Crippen LogP contribution >= 0.6 is 23.5 Å². The van der Waals surface area contributed by atoms with Gasteiger partial charge in [-0.2, -0.15) is 11.8 Å². The average Bonchev–Trinajstić information content (AvgIpc) is 2.70. The summed E-state index contributed by atoms with van der Waals surface area (Å²) in [7, 11) is 0. The van der Waals surface area contributed by atoms with E-state index >= 15 is 0 Å². The monoisotopic (exact) mass is 244 g/mol. The molecule has 1 atom stereocenters. The predicted molar refractivity (Wildman–Crippen MR) is 72.1 cm³/mol. The first kappa shape index (κ1) is 11.6. The van der Waals surface area contributed by atoms with Gasteiger partial charge < -0.3 is 5.32 Å². The number of nitrogens with zero attached hydrogens (tertiary/aromatic N) is 1. The number of aliphatic imine (C=N–C) groups is 1. The Morgan fingerprint density at radius 3 is 2.73 bits per heavy atom. The van der Waals surface area contributed by atoms with Crippen LogP contribution in [0.3, 0.4) is 0 Å². The van der Waals surface area contributed by atoms with Crippen LogP contribution in [0, 0.1) is 0 Å². The SMILES string of the molecule is CC1(C)CSC(=NCC2(C)CCCS2)N1. The fourth-order valence-corrected chi connectivity index (χ4v) is 4.20. The van der Waals surface area contributed by atoms with Crippen molar-refractivity contribution in [1.29, 1.82) is 0 Å². The molecule has 2 fully saturated rings. The summed E-state index contributed by atoms with van der Waals surface area (Å²) < 4.78 is 0.405. The van der Waals surface area contributed by atoms with Gasteiger partial charge in [-0.05, 0) is 39.4 Å². The molecule has 15 heavy (non-hydrogen) atoms. The van der Waals surface area contributed by atoms with Crippen molar-refractivity contribution in [1.82, 2.24) is 5.32 Å². The summed E-state index contributed by atoms with van der Waals surface area (Å²) >= 11 is 3.94. The Balaban J connectivity index is 1.89. The number of hydrogen-bond acceptors (Lipinski definition) is 3. The molecule has 2 aliphatic rings. The maximum absolute atomic E-state index is 4.72. The van der Waals surface area contributed by atoms with E-state index in [2.05, 4.69) is 37.8 Å². The number of nitrogens with one attached hydrogen (secondary N) is 1. The molecule has 0 aromatic rings. The van der Waals surface area contributed by atoms with Crippen LogP contribution in [0.1, 0.15) is 33.6 Å². The normalized spacial score (nSPS) is 37.1. The second kappa shape index (κ2) is 4.21. The van der Waals surface area contributed by atoms with Crippen LogP contribution in [0.2, 0.25) is 0 Å². The molecule has 0 radical (unpaired) electrons. The summed E-state index contributed by atoms with van der Waals surface area (Å²) in [6.45, 7) is 7.78. The maximum Gasteiger partial charge on any atom is 0.157 e. The Labute approximate surface area is 101 Å². The molecule has 0 aromatic heterocycles. The molecule has 4 heteroatoms. The van der Waals surface area contributed by atoms with E-state index < -0.39 is 0 Å². The zero-order valence-electron chi connectivity index (χ0n) is 9.80. The molecule has 2 saturated heterocycles. The van der Waals surface area contributed by atoms with Crippen LogP contribution in [-0.4, -0.2) is 33.5 Å². The number of thioether (sulfide) groups is 2. The highest BCUT2D eigenvalue weighted by Crippen LogP contribution is 2.38. The van der Waals surface area contributed by atoms with Crippen LogP contribution in [-0.2, 0) is 0 Å². The van der Waals surface area contributed by atoms with Crippen LogP contribution in [0.5, 0.6) is 0 Å². The van der Waals surface area contributed by atoms with Gasteiger partial charge in [0, 0.05) is 16.0 Å². The van der Waals surface area contributed by atoms with E-state index in [0.29, 0.717) is 4.75 Å². The minimum Gasteiger partial charge on any atom is -0.359 e. The van der Waals surface area contributed by atoms with Crippen molar-refractivity contribution in [3.63, 3.8) is 0 Å². The third-order valence-electron chi connectivity index (χ3n) is 2.87. The standard InChI is InChI=1S/C11H20N2S2/c1-10(2)8-14-9(13-10)12-7-11(3)5-4-6-15-11/h4-8H2,1-3H3,(H,12,13). The fraction of sp³-hybridized carbons (Fsp3) is 0.909. The van der Waals surface area contributed by atoms with E-state index in [4.69, 9.17) is 4.99 Å². The highest BCUT2D eigenvalue weighted by molar-refractivity contribution is 8.14. The van der Waals surface area contributed by atoms with E-state index in [1.807, 2.05) is 11.8 Å². The highest BCUT2D eigenvalue weighted by Gasteiger charge is 2.31. The lowest BCUT2D eigenvalue weighted by Crippen LogP contribution is -2.37. The van der Waals surface area contributed by atoms with Crippen LogP contribution in [0.4, 0.5) is 0 Å². The Hall–Kier alpha value is 0.170. The molecular formula is C11H20N2S2. The van der Waals surface area contributed by atoms with E-state index in [9.17, 15) is 0 Å². The van der Waals surface area contributed by atoms with Crippen molar-refractivity contribution in [2.24, 2.45) is 4.99 Å². The van der Waals surface area contributed by atoms with Crippen molar-refractivity contribution in [3.05, 3.63) is 0 Å². The zero-order chi connectivity index (χ0) is 10.9. The minimum atomic E-state index is 0.229. The number of rotatable bonds is 2. The summed E-state index contributed by atoms with van der Waals surface area (Å²) in [6.07, 6.45) is 2.68. The van der Waals surface area contributed by atoms with Crippen LogP contribution < -0.4 is 5.32 Å². The van der Waals surface area contributed by atoms with Gasteiger partial charge in [-0.3, -0.25) is 4.99 Å². The average molecular weight is 244 g/mol. The lowest BCUT2D eigenvalue weighted by atomic mass is 10.1. The lowest BCUT2D eigenvalue weighted by Gasteiger charge is -2.20. The molecule has 0 aliphatic carbocycles. The molecule has 0 spiro atoms. The Morgan fingerprint density at radius 1 is 1.40 bits per heavy atom. The van der Waals surface area contributed by atoms with E-state index in [1.165, 1.54) is 18.6 Å². The summed E-state index contributed by atoms with van der Waals surface area (Å²) in [6, 6.07) is 0. The van der Waals surface area contributed by atoms with Gasteiger partial charge in [0.1, 0.15) is 0 Å². The van der Waals surface area contributed by atoms with Gasteiger partial charge in [-0.25, -0.2) is 0 Å². The smallest absolute Gasteiger partial charge is 0.157 e. The highest BCUT2D eigenvalue weighted by atomic mass is 32.2. The molecule has 1 unspecified atom stereocenters. The zero-order valence-corrected chi connectivity index (χ0v) is 11.4. The molecule has 1 N–H and O–H groups in total. The molecule has 86 valence electrons. The molecule has 0 saturated carbocycles. The van der Waals surface area contributed by atoms with Gasteiger partial charge in [0.15, 0.2) is 5.17 Å². The van der Waals surface area contributed by atoms with Crippen LogP contribution in [0.15, 0.2) is 4.99 Å². The molecule has 2 aliphatic heterocycles. The van der Waals surface area contributed by atoms with Crippen molar-refractivity contribution < 1.29 is 0 Å². The quantitative estimate of drug-likeness (QED) is 0.808. The van der Waals surface area contributed by atoms with E-state index in [1.54, 1.807) is 0 Å². The second-order valence-electron chi connectivity index (χ2n) is 5.32. The molecule has 0 aromatic carbocycles. The first-order valence-electron chi connectivity index (χ1n) is 5.59. The third kappa shape index (κ3) is 3.06. The summed E-state index contributed by atoms with van der Waals surface area (Å²) in [5.74, 6) is 2.45.